The van der Waals surface area contributed by atoms with E-state index in [1.807, 2.05) is 0 Å². The van der Waals surface area contributed by atoms with Gasteiger partial charge in [0.2, 0.25) is 0 Å². The number of methoxy groups -OCH3 is 1. The van der Waals surface area contributed by atoms with Crippen molar-refractivity contribution in [1.82, 2.24) is 0 Å². The Balaban J connectivity index is 2.17. The second-order valence-electron chi connectivity index (χ2n) is 4.27. The zero-order chi connectivity index (χ0) is 15.9. The maximum absolute atomic E-state index is 11.4. The highest BCUT2D eigenvalue weighted by molar-refractivity contribution is 5.91. The number of carboxylic acids is 1. The summed E-state index contributed by atoms with van der Waals surface area (Å²) >= 11 is 0. The van der Waals surface area contributed by atoms with Crippen molar-refractivity contribution in [3.05, 3.63) is 48.5 Å². The van der Waals surface area contributed by atoms with E-state index in [1.54, 1.807) is 49.6 Å². The third kappa shape index (κ3) is 4.24. The Kier molecular flexibility index (Phi) is 4.98. The van der Waals surface area contributed by atoms with Gasteiger partial charge in [0.1, 0.15) is 17.9 Å². The molecule has 22 heavy (non-hydrogen) atoms. The van der Waals surface area contributed by atoms with Crippen molar-refractivity contribution in [2.24, 2.45) is 0 Å². The van der Waals surface area contributed by atoms with E-state index < -0.39 is 18.4 Å². The van der Waals surface area contributed by atoms with Gasteiger partial charge in [-0.25, -0.2) is 0 Å². The molecule has 0 aliphatic rings. The molecule has 0 atom stereocenters. The molecule has 0 aromatic heterocycles. The second-order valence-corrected chi connectivity index (χ2v) is 4.27. The van der Waals surface area contributed by atoms with Crippen LogP contribution in [0.5, 0.6) is 23.0 Å². The summed E-state index contributed by atoms with van der Waals surface area (Å²) in [6, 6.07) is 13.4. The Morgan fingerprint density at radius 3 is 2.36 bits per heavy atom. The lowest BCUT2D eigenvalue weighted by Crippen LogP contribution is -2.13. The molecule has 0 saturated heterocycles. The first kappa shape index (κ1) is 15.4. The topological polar surface area (TPSA) is 82.1 Å². The van der Waals surface area contributed by atoms with Crippen LogP contribution in [0.4, 0.5) is 0 Å². The van der Waals surface area contributed by atoms with Crippen molar-refractivity contribution in [2.75, 3.05) is 7.11 Å². The zero-order valence-corrected chi connectivity index (χ0v) is 11.8. The number of carbonyl (C=O) groups is 2. The quantitative estimate of drug-likeness (QED) is 0.502. The number of carbonyl (C=O) groups excluding carboxylic acids is 1. The third-order valence-corrected chi connectivity index (χ3v) is 2.64. The van der Waals surface area contributed by atoms with Crippen LogP contribution in [0.1, 0.15) is 6.42 Å². The lowest BCUT2D eigenvalue weighted by molar-refractivity contribution is -0.145. The number of hydrogen-bond donors (Lipinski definition) is 1. The Bertz CT molecular complexity index is 680. The Morgan fingerprint density at radius 2 is 1.68 bits per heavy atom. The van der Waals surface area contributed by atoms with Crippen LogP contribution < -0.4 is 14.2 Å². The van der Waals surface area contributed by atoms with Crippen LogP contribution in [0.3, 0.4) is 0 Å². The molecule has 1 N–H and O–H groups in total. The highest BCUT2D eigenvalue weighted by Gasteiger charge is 2.14. The number of hydrogen-bond acceptors (Lipinski definition) is 5. The fraction of sp³-hybridized carbons (Fsp3) is 0.125. The number of rotatable bonds is 6. The lowest BCUT2D eigenvalue weighted by atomic mass is 10.3. The molecule has 0 unspecified atom stereocenters. The van der Waals surface area contributed by atoms with Crippen LogP contribution in [0, 0.1) is 0 Å². The van der Waals surface area contributed by atoms with E-state index in [-0.39, 0.29) is 5.75 Å². The molecule has 0 bridgehead atoms. The van der Waals surface area contributed by atoms with Crippen LogP contribution in [0.2, 0.25) is 0 Å². The van der Waals surface area contributed by atoms with Gasteiger partial charge in [0.15, 0.2) is 11.5 Å². The predicted octanol–water partition coefficient (Wildman–Crippen LogP) is 2.87. The molecule has 114 valence electrons. The summed E-state index contributed by atoms with van der Waals surface area (Å²) in [7, 11) is 1.54. The molecule has 2 aromatic carbocycles. The number of benzene rings is 2. The first-order valence-corrected chi connectivity index (χ1v) is 6.42. The van der Waals surface area contributed by atoms with E-state index in [1.165, 1.54) is 6.07 Å². The smallest absolute Gasteiger partial charge is 0.322 e. The van der Waals surface area contributed by atoms with Crippen LogP contribution >= 0.6 is 0 Å². The van der Waals surface area contributed by atoms with Gasteiger partial charge >= 0.3 is 11.9 Å². The van der Waals surface area contributed by atoms with E-state index in [0.717, 1.165) is 0 Å². The summed E-state index contributed by atoms with van der Waals surface area (Å²) < 4.78 is 15.8. The number of para-hydroxylation sites is 2. The normalized spacial score (nSPS) is 9.86. The van der Waals surface area contributed by atoms with Crippen LogP contribution in [0.15, 0.2) is 48.5 Å². The molecule has 0 heterocycles. The number of carboxylic acid groups (broad SMARTS) is 1. The Labute approximate surface area is 126 Å². The molecule has 6 heteroatoms. The number of ether oxygens (including phenoxy) is 3. The Morgan fingerprint density at radius 1 is 1.00 bits per heavy atom. The van der Waals surface area contributed by atoms with E-state index in [2.05, 4.69) is 0 Å². The molecule has 2 rings (SSSR count). The van der Waals surface area contributed by atoms with Gasteiger partial charge in [-0.3, -0.25) is 9.59 Å². The minimum absolute atomic E-state index is 0.150. The van der Waals surface area contributed by atoms with Gasteiger partial charge in [-0.2, -0.15) is 0 Å². The zero-order valence-electron chi connectivity index (χ0n) is 11.8. The second kappa shape index (κ2) is 7.12. The molecule has 6 nitrogen and oxygen atoms in total. The highest BCUT2D eigenvalue weighted by atomic mass is 16.6. The standard InChI is InChI=1S/C16H14O6/c1-20-11-5-4-6-12(9-11)21-13-7-2-3-8-14(13)22-16(19)10-15(17)18/h2-9H,10H2,1H3,(H,17,18). The van der Waals surface area contributed by atoms with E-state index in [4.69, 9.17) is 19.3 Å². The minimum Gasteiger partial charge on any atom is -0.497 e. The number of esters is 1. The summed E-state index contributed by atoms with van der Waals surface area (Å²) in [4.78, 5) is 21.9. The molecule has 0 spiro atoms. The van der Waals surface area contributed by atoms with Gasteiger partial charge in [-0.05, 0) is 24.3 Å². The van der Waals surface area contributed by atoms with Crippen LogP contribution in [0.25, 0.3) is 0 Å². The van der Waals surface area contributed by atoms with Gasteiger partial charge in [-0.15, -0.1) is 0 Å². The summed E-state index contributed by atoms with van der Waals surface area (Å²) in [6.07, 6.45) is -0.715. The highest BCUT2D eigenvalue weighted by Crippen LogP contribution is 2.32. The molecule has 0 amide bonds. The van der Waals surface area contributed by atoms with Crippen molar-refractivity contribution in [3.63, 3.8) is 0 Å². The largest absolute Gasteiger partial charge is 0.497 e. The fourth-order valence-corrected chi connectivity index (χ4v) is 1.69. The molecular formula is C16H14O6. The summed E-state index contributed by atoms with van der Waals surface area (Å²) in [5.41, 5.74) is 0. The fourth-order valence-electron chi connectivity index (χ4n) is 1.69. The van der Waals surface area contributed by atoms with Crippen molar-refractivity contribution >= 4 is 11.9 Å². The van der Waals surface area contributed by atoms with Crippen LogP contribution in [-0.2, 0) is 9.59 Å². The molecule has 0 saturated carbocycles. The first-order valence-electron chi connectivity index (χ1n) is 6.42. The summed E-state index contributed by atoms with van der Waals surface area (Å²) in [6.45, 7) is 0. The van der Waals surface area contributed by atoms with E-state index >= 15 is 0 Å². The minimum atomic E-state index is -1.25. The van der Waals surface area contributed by atoms with Gasteiger partial charge in [0, 0.05) is 6.07 Å². The van der Waals surface area contributed by atoms with E-state index in [0.29, 0.717) is 17.2 Å². The van der Waals surface area contributed by atoms with Crippen molar-refractivity contribution in [1.29, 1.82) is 0 Å². The molecule has 0 aliphatic carbocycles. The SMILES string of the molecule is COc1cccc(Oc2ccccc2OC(=O)CC(=O)O)c1. The van der Waals surface area contributed by atoms with Crippen molar-refractivity contribution < 1.29 is 28.9 Å². The molecule has 2 aromatic rings. The van der Waals surface area contributed by atoms with Crippen molar-refractivity contribution in [2.45, 2.75) is 6.42 Å². The molecular weight excluding hydrogens is 288 g/mol. The maximum atomic E-state index is 11.4. The van der Waals surface area contributed by atoms with Crippen molar-refractivity contribution in [3.8, 4) is 23.0 Å². The third-order valence-electron chi connectivity index (χ3n) is 2.64. The van der Waals surface area contributed by atoms with Gasteiger partial charge in [0.05, 0.1) is 7.11 Å². The average molecular weight is 302 g/mol. The molecule has 0 radical (unpaired) electrons. The Hall–Kier alpha value is -3.02. The molecule has 0 fully saturated rings. The monoisotopic (exact) mass is 302 g/mol. The maximum Gasteiger partial charge on any atom is 0.322 e. The summed E-state index contributed by atoms with van der Waals surface area (Å²) in [5, 5.41) is 8.58. The van der Waals surface area contributed by atoms with Gasteiger partial charge < -0.3 is 19.3 Å². The van der Waals surface area contributed by atoms with E-state index in [9.17, 15) is 9.59 Å². The van der Waals surface area contributed by atoms with Gasteiger partial charge in [0.25, 0.3) is 0 Å². The number of aliphatic carboxylic acids is 1. The van der Waals surface area contributed by atoms with Gasteiger partial charge in [-0.1, -0.05) is 18.2 Å². The average Bonchev–Trinajstić information content (AvgIpc) is 2.48. The predicted molar refractivity (Wildman–Crippen MR) is 77.4 cm³/mol. The lowest BCUT2D eigenvalue weighted by Gasteiger charge is -2.11. The summed E-state index contributed by atoms with van der Waals surface area (Å²) in [5.74, 6) is -0.546. The molecule has 0 aliphatic heterocycles. The van der Waals surface area contributed by atoms with Crippen LogP contribution in [-0.4, -0.2) is 24.2 Å². The first-order chi connectivity index (χ1) is 10.6.